The molecule has 1 aromatic rings. The monoisotopic (exact) mass is 268 g/mol. The standard InChI is InChI=1S/C15H18F2O2/c16-12-7-6-11(15(17)10-12)9-13(18)3-1-4-14-5-2-8-19-14/h6-7,10,14H,1-5,8-9H2. The normalized spacial score (nSPS) is 18.7. The summed E-state index contributed by atoms with van der Waals surface area (Å²) in [7, 11) is 0. The highest BCUT2D eigenvalue weighted by Gasteiger charge is 2.16. The summed E-state index contributed by atoms with van der Waals surface area (Å²) in [6.07, 6.45) is 4.58. The van der Waals surface area contributed by atoms with Crippen LogP contribution in [0.15, 0.2) is 18.2 Å². The molecule has 0 spiro atoms. The molecular formula is C15H18F2O2. The Balaban J connectivity index is 1.74. The van der Waals surface area contributed by atoms with Gasteiger partial charge in [0, 0.05) is 25.5 Å². The van der Waals surface area contributed by atoms with E-state index in [9.17, 15) is 13.6 Å². The topological polar surface area (TPSA) is 26.3 Å². The number of benzene rings is 1. The second kappa shape index (κ2) is 6.75. The summed E-state index contributed by atoms with van der Waals surface area (Å²) >= 11 is 0. The number of carbonyl (C=O) groups is 1. The molecule has 19 heavy (non-hydrogen) atoms. The van der Waals surface area contributed by atoms with Crippen molar-refractivity contribution < 1.29 is 18.3 Å². The highest BCUT2D eigenvalue weighted by molar-refractivity contribution is 5.80. The zero-order valence-corrected chi connectivity index (χ0v) is 10.8. The number of ether oxygens (including phenoxy) is 1. The first-order valence-electron chi connectivity index (χ1n) is 6.72. The van der Waals surface area contributed by atoms with Crippen LogP contribution in [0.3, 0.4) is 0 Å². The van der Waals surface area contributed by atoms with E-state index in [-0.39, 0.29) is 23.9 Å². The van der Waals surface area contributed by atoms with Crippen molar-refractivity contribution in [1.29, 1.82) is 0 Å². The van der Waals surface area contributed by atoms with E-state index in [1.54, 1.807) is 0 Å². The lowest BCUT2D eigenvalue weighted by molar-refractivity contribution is -0.118. The first-order chi connectivity index (χ1) is 9.15. The van der Waals surface area contributed by atoms with E-state index in [0.717, 1.165) is 38.4 Å². The Morgan fingerprint density at radius 2 is 2.21 bits per heavy atom. The third kappa shape index (κ3) is 4.39. The van der Waals surface area contributed by atoms with Crippen LogP contribution >= 0.6 is 0 Å². The van der Waals surface area contributed by atoms with Crippen LogP contribution in [0.1, 0.15) is 37.7 Å². The Morgan fingerprint density at radius 3 is 2.89 bits per heavy atom. The van der Waals surface area contributed by atoms with Crippen molar-refractivity contribution in [2.45, 2.75) is 44.6 Å². The van der Waals surface area contributed by atoms with E-state index >= 15 is 0 Å². The molecule has 104 valence electrons. The molecule has 2 nitrogen and oxygen atoms in total. The van der Waals surface area contributed by atoms with Gasteiger partial charge in [0.25, 0.3) is 0 Å². The maximum atomic E-state index is 13.4. The zero-order chi connectivity index (χ0) is 13.7. The van der Waals surface area contributed by atoms with Gasteiger partial charge in [0.2, 0.25) is 0 Å². The highest BCUT2D eigenvalue weighted by atomic mass is 19.1. The maximum absolute atomic E-state index is 13.4. The van der Waals surface area contributed by atoms with Gasteiger partial charge in [0.05, 0.1) is 6.10 Å². The van der Waals surface area contributed by atoms with E-state index in [4.69, 9.17) is 4.74 Å². The van der Waals surface area contributed by atoms with E-state index < -0.39 is 11.6 Å². The molecule has 2 rings (SSSR count). The third-order valence-corrected chi connectivity index (χ3v) is 3.41. The van der Waals surface area contributed by atoms with Crippen molar-refractivity contribution in [3.8, 4) is 0 Å². The van der Waals surface area contributed by atoms with E-state index in [0.29, 0.717) is 6.42 Å². The van der Waals surface area contributed by atoms with Crippen LogP contribution in [0.4, 0.5) is 8.78 Å². The molecule has 0 N–H and O–H groups in total. The number of carbonyl (C=O) groups excluding carboxylic acids is 1. The minimum absolute atomic E-state index is 0.0106. The molecule has 0 bridgehead atoms. The molecule has 1 aliphatic heterocycles. The molecule has 1 aromatic carbocycles. The quantitative estimate of drug-likeness (QED) is 0.790. The smallest absolute Gasteiger partial charge is 0.137 e. The second-order valence-corrected chi connectivity index (χ2v) is 4.98. The molecule has 1 unspecified atom stereocenters. The predicted octanol–water partition coefficient (Wildman–Crippen LogP) is 3.43. The van der Waals surface area contributed by atoms with Gasteiger partial charge in [-0.3, -0.25) is 4.79 Å². The predicted molar refractivity (Wildman–Crippen MR) is 67.9 cm³/mol. The molecule has 1 aliphatic rings. The first kappa shape index (κ1) is 14.1. The van der Waals surface area contributed by atoms with Crippen LogP contribution in [-0.4, -0.2) is 18.5 Å². The molecule has 1 heterocycles. The van der Waals surface area contributed by atoms with Gasteiger partial charge in [-0.15, -0.1) is 0 Å². The average molecular weight is 268 g/mol. The van der Waals surface area contributed by atoms with Crippen molar-refractivity contribution in [1.82, 2.24) is 0 Å². The number of hydrogen-bond acceptors (Lipinski definition) is 2. The van der Waals surface area contributed by atoms with Gasteiger partial charge in [-0.2, -0.15) is 0 Å². The van der Waals surface area contributed by atoms with Crippen LogP contribution in [-0.2, 0) is 16.0 Å². The highest BCUT2D eigenvalue weighted by Crippen LogP contribution is 2.18. The SMILES string of the molecule is O=C(CCCC1CCCO1)Cc1ccc(F)cc1F. The van der Waals surface area contributed by atoms with Gasteiger partial charge in [0.15, 0.2) is 0 Å². The van der Waals surface area contributed by atoms with Gasteiger partial charge < -0.3 is 4.74 Å². The molecule has 0 aliphatic carbocycles. The largest absolute Gasteiger partial charge is 0.378 e. The molecule has 0 saturated carbocycles. The van der Waals surface area contributed by atoms with Crippen molar-refractivity contribution in [3.05, 3.63) is 35.4 Å². The molecule has 4 heteroatoms. The third-order valence-electron chi connectivity index (χ3n) is 3.41. The minimum Gasteiger partial charge on any atom is -0.378 e. The molecular weight excluding hydrogens is 250 g/mol. The Kier molecular flexibility index (Phi) is 5.02. The fourth-order valence-corrected chi connectivity index (χ4v) is 2.36. The summed E-state index contributed by atoms with van der Waals surface area (Å²) in [5, 5.41) is 0. The summed E-state index contributed by atoms with van der Waals surface area (Å²) in [4.78, 5) is 11.7. The molecule has 1 saturated heterocycles. The van der Waals surface area contributed by atoms with Crippen LogP contribution in [0.2, 0.25) is 0 Å². The Labute approximate surface area is 111 Å². The van der Waals surface area contributed by atoms with E-state index in [1.807, 2.05) is 0 Å². The van der Waals surface area contributed by atoms with Gasteiger partial charge in [-0.1, -0.05) is 6.07 Å². The van der Waals surface area contributed by atoms with Crippen LogP contribution < -0.4 is 0 Å². The summed E-state index contributed by atoms with van der Waals surface area (Å²) in [6.45, 7) is 0.819. The Bertz CT molecular complexity index is 440. The minimum atomic E-state index is -0.646. The average Bonchev–Trinajstić information content (AvgIpc) is 2.86. The summed E-state index contributed by atoms with van der Waals surface area (Å²) in [6, 6.07) is 3.33. The lowest BCUT2D eigenvalue weighted by Crippen LogP contribution is -2.08. The summed E-state index contributed by atoms with van der Waals surface area (Å²) in [5.41, 5.74) is 0.267. The van der Waals surface area contributed by atoms with Gasteiger partial charge in [0.1, 0.15) is 17.4 Å². The molecule has 1 fully saturated rings. The fourth-order valence-electron chi connectivity index (χ4n) is 2.36. The van der Waals surface area contributed by atoms with Crippen molar-refractivity contribution >= 4 is 5.78 Å². The Morgan fingerprint density at radius 1 is 1.37 bits per heavy atom. The van der Waals surface area contributed by atoms with Gasteiger partial charge >= 0.3 is 0 Å². The fraction of sp³-hybridized carbons (Fsp3) is 0.533. The molecule has 0 amide bonds. The second-order valence-electron chi connectivity index (χ2n) is 4.98. The Hall–Kier alpha value is -1.29. The van der Waals surface area contributed by atoms with Crippen molar-refractivity contribution in [3.63, 3.8) is 0 Å². The number of ketones is 1. The number of hydrogen-bond donors (Lipinski definition) is 0. The van der Waals surface area contributed by atoms with Crippen LogP contribution in [0.25, 0.3) is 0 Å². The number of halogens is 2. The van der Waals surface area contributed by atoms with Gasteiger partial charge in [-0.25, -0.2) is 8.78 Å². The summed E-state index contributed by atoms with van der Waals surface area (Å²) < 4.78 is 31.6. The van der Waals surface area contributed by atoms with Gasteiger partial charge in [-0.05, 0) is 37.3 Å². The lowest BCUT2D eigenvalue weighted by atomic mass is 10.0. The molecule has 0 aromatic heterocycles. The van der Waals surface area contributed by atoms with E-state index in [1.165, 1.54) is 12.1 Å². The van der Waals surface area contributed by atoms with Crippen molar-refractivity contribution in [2.24, 2.45) is 0 Å². The van der Waals surface area contributed by atoms with Crippen LogP contribution in [0.5, 0.6) is 0 Å². The number of rotatable bonds is 6. The summed E-state index contributed by atoms with van der Waals surface area (Å²) in [5.74, 6) is -1.27. The van der Waals surface area contributed by atoms with E-state index in [2.05, 4.69) is 0 Å². The van der Waals surface area contributed by atoms with Crippen molar-refractivity contribution in [2.75, 3.05) is 6.61 Å². The zero-order valence-electron chi connectivity index (χ0n) is 10.8. The number of Topliss-reactive ketones (excluding diaryl/α,β-unsaturated/α-hetero) is 1. The molecule has 0 radical (unpaired) electrons. The first-order valence-corrected chi connectivity index (χ1v) is 6.72. The maximum Gasteiger partial charge on any atom is 0.137 e. The van der Waals surface area contributed by atoms with Crippen LogP contribution in [0, 0.1) is 11.6 Å². The molecule has 1 atom stereocenters. The lowest BCUT2D eigenvalue weighted by Gasteiger charge is -2.08.